The Morgan fingerprint density at radius 1 is 1.23 bits per heavy atom. The van der Waals surface area contributed by atoms with E-state index in [1.165, 1.54) is 18.6 Å². The minimum Gasteiger partial charge on any atom is -0.462 e. The Labute approximate surface area is 131 Å². The molecular weight excluding hydrogens is 288 g/mol. The molecule has 7 nitrogen and oxygen atoms in total. The van der Waals surface area contributed by atoms with Gasteiger partial charge in [-0.25, -0.2) is 9.59 Å². The Kier molecular flexibility index (Phi) is 11.0. The Hall–Kier alpha value is -2.57. The number of hydrogen-bond acceptors (Lipinski definition) is 6. The summed E-state index contributed by atoms with van der Waals surface area (Å²) < 4.78 is 10.4. The van der Waals surface area contributed by atoms with Crippen molar-refractivity contribution in [3.63, 3.8) is 0 Å². The van der Waals surface area contributed by atoms with Gasteiger partial charge in [0.1, 0.15) is 5.69 Å². The fourth-order valence-electron chi connectivity index (χ4n) is 1.32. The molecule has 2 N–H and O–H groups in total. The monoisotopic (exact) mass is 313 g/mol. The number of anilines is 1. The molecule has 124 valence electrons. The minimum absolute atomic E-state index is 0. The van der Waals surface area contributed by atoms with E-state index < -0.39 is 11.9 Å². The Balaban J connectivity index is 0. The molecule has 1 heterocycles. The lowest BCUT2D eigenvalue weighted by molar-refractivity contribution is -0.904. The van der Waals surface area contributed by atoms with E-state index in [4.69, 9.17) is 9.47 Å². The normalized spacial score (nSPS) is 8.64. The summed E-state index contributed by atoms with van der Waals surface area (Å²) in [5.41, 5.74) is 0.239. The molecule has 0 aliphatic rings. The van der Waals surface area contributed by atoms with E-state index in [0.29, 0.717) is 5.69 Å². The van der Waals surface area contributed by atoms with E-state index in [1.807, 2.05) is 0 Å². The zero-order chi connectivity index (χ0) is 15.0. The van der Waals surface area contributed by atoms with Crippen molar-refractivity contribution in [1.82, 2.24) is 0 Å². The number of ether oxygens (including phenoxy) is 2. The average Bonchev–Trinajstić information content (AvgIpc) is 2.39. The number of pyridine rings is 1. The van der Waals surface area contributed by atoms with Crippen molar-refractivity contribution in [1.29, 1.82) is 0 Å². The lowest BCUT2D eigenvalue weighted by Gasteiger charge is -2.06. The van der Waals surface area contributed by atoms with Crippen molar-refractivity contribution in [3.05, 3.63) is 36.3 Å². The SMILES string of the molecule is C.C.CCOC(=O)C(=CNc1ccc[n+](O)c1)C(=O)OCC. The molecule has 0 amide bonds. The van der Waals surface area contributed by atoms with Gasteiger partial charge in [0.25, 0.3) is 0 Å². The predicted octanol–water partition coefficient (Wildman–Crippen LogP) is 1.91. The number of hydrogen-bond donors (Lipinski definition) is 2. The van der Waals surface area contributed by atoms with Gasteiger partial charge < -0.3 is 14.8 Å². The van der Waals surface area contributed by atoms with Crippen LogP contribution in [0.15, 0.2) is 36.3 Å². The molecule has 0 unspecified atom stereocenters. The number of esters is 2. The molecule has 0 bridgehead atoms. The number of nitrogens with one attached hydrogen (secondary N) is 1. The molecule has 0 aliphatic carbocycles. The van der Waals surface area contributed by atoms with E-state index >= 15 is 0 Å². The standard InChI is InChI=1S/C13H16N2O5.2CH4/c1-3-19-12(16)11(13(17)20-4-2)8-14-10-6-5-7-15(18)9-10;;/h5-9H,3-4H2,1-2H3,(H-,14,16,17,18);2*1H4/p+1. The maximum Gasteiger partial charge on any atom is 0.347 e. The molecule has 22 heavy (non-hydrogen) atoms. The van der Waals surface area contributed by atoms with Crippen LogP contribution in [-0.4, -0.2) is 30.4 Å². The molecule has 7 heteroatoms. The molecule has 1 rings (SSSR count). The van der Waals surface area contributed by atoms with Gasteiger partial charge >= 0.3 is 11.9 Å². The highest BCUT2D eigenvalue weighted by atomic mass is 16.6. The maximum atomic E-state index is 11.7. The van der Waals surface area contributed by atoms with Crippen LogP contribution in [0.4, 0.5) is 5.69 Å². The van der Waals surface area contributed by atoms with Crippen LogP contribution in [-0.2, 0) is 19.1 Å². The quantitative estimate of drug-likeness (QED) is 0.208. The minimum atomic E-state index is -0.772. The predicted molar refractivity (Wildman–Crippen MR) is 82.3 cm³/mol. The number of rotatable bonds is 6. The fourth-order valence-corrected chi connectivity index (χ4v) is 1.32. The summed E-state index contributed by atoms with van der Waals surface area (Å²) in [4.78, 5) is 23.3. The highest BCUT2D eigenvalue weighted by Gasteiger charge is 2.21. The number of nitrogens with zero attached hydrogens (tertiary/aromatic N) is 1. The number of carbonyl (C=O) groups is 2. The summed E-state index contributed by atoms with van der Waals surface area (Å²) in [5.74, 6) is -1.54. The summed E-state index contributed by atoms with van der Waals surface area (Å²) in [6.45, 7) is 3.58. The molecule has 0 radical (unpaired) electrons. The summed E-state index contributed by atoms with van der Waals surface area (Å²) in [6, 6.07) is 3.24. The molecule has 1 aromatic rings. The van der Waals surface area contributed by atoms with Gasteiger partial charge in [0.2, 0.25) is 12.4 Å². The first kappa shape index (κ1) is 21.7. The zero-order valence-corrected chi connectivity index (χ0v) is 11.3. The third-order valence-corrected chi connectivity index (χ3v) is 2.16. The number of aromatic nitrogens is 1. The van der Waals surface area contributed by atoms with Gasteiger partial charge in [-0.2, -0.15) is 0 Å². The second-order valence-electron chi connectivity index (χ2n) is 3.62. The van der Waals surface area contributed by atoms with Crippen LogP contribution in [0.1, 0.15) is 28.7 Å². The van der Waals surface area contributed by atoms with Crippen LogP contribution >= 0.6 is 0 Å². The summed E-state index contributed by atoms with van der Waals surface area (Å²) in [5, 5.41) is 12.0. The van der Waals surface area contributed by atoms with Gasteiger partial charge in [-0.05, 0) is 19.9 Å². The first-order valence-electron chi connectivity index (χ1n) is 6.10. The third kappa shape index (κ3) is 6.74. The molecule has 0 aromatic carbocycles. The number of carbonyl (C=O) groups excluding carboxylic acids is 2. The van der Waals surface area contributed by atoms with E-state index in [1.54, 1.807) is 26.0 Å². The van der Waals surface area contributed by atoms with Gasteiger partial charge in [0.15, 0.2) is 5.57 Å². The molecule has 0 spiro atoms. The lowest BCUT2D eigenvalue weighted by Crippen LogP contribution is -2.28. The Morgan fingerprint density at radius 3 is 2.23 bits per heavy atom. The van der Waals surface area contributed by atoms with Crippen LogP contribution in [0.5, 0.6) is 0 Å². The van der Waals surface area contributed by atoms with Gasteiger partial charge in [0, 0.05) is 17.0 Å². The van der Waals surface area contributed by atoms with Crippen molar-refractivity contribution in [2.45, 2.75) is 28.7 Å². The third-order valence-electron chi connectivity index (χ3n) is 2.16. The topological polar surface area (TPSA) is 88.7 Å². The zero-order valence-electron chi connectivity index (χ0n) is 11.3. The van der Waals surface area contributed by atoms with Crippen LogP contribution in [0.2, 0.25) is 0 Å². The molecule has 0 atom stereocenters. The van der Waals surface area contributed by atoms with Crippen LogP contribution in [0.25, 0.3) is 0 Å². The van der Waals surface area contributed by atoms with Gasteiger partial charge in [0.05, 0.1) is 13.2 Å². The molecular formula is C15H25N2O5+. The van der Waals surface area contributed by atoms with Crippen molar-refractivity contribution >= 4 is 17.6 Å². The molecule has 0 saturated heterocycles. The van der Waals surface area contributed by atoms with E-state index in [2.05, 4.69) is 5.32 Å². The van der Waals surface area contributed by atoms with Crippen molar-refractivity contribution in [3.8, 4) is 0 Å². The molecule has 0 aliphatic heterocycles. The van der Waals surface area contributed by atoms with E-state index in [-0.39, 0.29) is 33.6 Å². The largest absolute Gasteiger partial charge is 0.462 e. The van der Waals surface area contributed by atoms with Gasteiger partial charge in [-0.15, -0.1) is 0 Å². The van der Waals surface area contributed by atoms with Gasteiger partial charge in [-0.1, -0.05) is 14.9 Å². The first-order chi connectivity index (χ1) is 9.58. The van der Waals surface area contributed by atoms with E-state index in [9.17, 15) is 14.8 Å². The second-order valence-corrected chi connectivity index (χ2v) is 3.62. The average molecular weight is 313 g/mol. The maximum absolute atomic E-state index is 11.7. The van der Waals surface area contributed by atoms with Crippen LogP contribution in [0.3, 0.4) is 0 Å². The highest BCUT2D eigenvalue weighted by Crippen LogP contribution is 2.06. The fraction of sp³-hybridized carbons (Fsp3) is 0.400. The van der Waals surface area contributed by atoms with Gasteiger partial charge in [-0.3, -0.25) is 5.21 Å². The summed E-state index contributed by atoms with van der Waals surface area (Å²) >= 11 is 0. The van der Waals surface area contributed by atoms with Crippen molar-refractivity contribution < 1.29 is 29.0 Å². The Morgan fingerprint density at radius 2 is 1.77 bits per heavy atom. The summed E-state index contributed by atoms with van der Waals surface area (Å²) in [6.07, 6.45) is 3.97. The molecule has 1 aromatic heterocycles. The lowest BCUT2D eigenvalue weighted by atomic mass is 10.3. The smallest absolute Gasteiger partial charge is 0.347 e. The molecule has 0 fully saturated rings. The first-order valence-corrected chi connectivity index (χ1v) is 6.10. The second kappa shape index (κ2) is 11.1. The highest BCUT2D eigenvalue weighted by molar-refractivity contribution is 6.14. The molecule has 0 saturated carbocycles. The van der Waals surface area contributed by atoms with E-state index in [0.717, 1.165) is 4.73 Å². The van der Waals surface area contributed by atoms with Crippen LogP contribution < -0.4 is 10.0 Å². The Bertz CT molecular complexity index is 494. The summed E-state index contributed by atoms with van der Waals surface area (Å²) in [7, 11) is 0. The van der Waals surface area contributed by atoms with Crippen molar-refractivity contribution in [2.75, 3.05) is 18.5 Å². The van der Waals surface area contributed by atoms with Crippen LogP contribution in [0, 0.1) is 0 Å². The van der Waals surface area contributed by atoms with Crippen molar-refractivity contribution in [2.24, 2.45) is 0 Å².